The normalized spacial score (nSPS) is 14.9. The van der Waals surface area contributed by atoms with E-state index in [2.05, 4.69) is 0 Å². The maximum absolute atomic E-state index is 13.3. The first-order valence-corrected chi connectivity index (χ1v) is 8.82. The highest BCUT2D eigenvalue weighted by molar-refractivity contribution is 7.91. The number of sulfone groups is 1. The second-order valence-electron chi connectivity index (χ2n) is 6.10. The minimum atomic E-state index is -6.17. The molecule has 0 bridgehead atoms. The van der Waals surface area contributed by atoms with E-state index < -0.39 is 56.9 Å². The van der Waals surface area contributed by atoms with E-state index in [9.17, 15) is 44.4 Å². The number of quaternary nitrogens is 1. The van der Waals surface area contributed by atoms with Gasteiger partial charge in [0.1, 0.15) is 16.4 Å². The Morgan fingerprint density at radius 3 is 1.62 bits per heavy atom. The quantitative estimate of drug-likeness (QED) is 0.284. The van der Waals surface area contributed by atoms with Gasteiger partial charge in [0.15, 0.2) is 0 Å². The first-order valence-electron chi connectivity index (χ1n) is 7.00. The summed E-state index contributed by atoms with van der Waals surface area (Å²) in [5.74, 6) is -1.42. The zero-order valence-corrected chi connectivity index (χ0v) is 14.0. The summed E-state index contributed by atoms with van der Waals surface area (Å²) in [5, 5.41) is 9.36. The molecular weight excluding hydrogens is 371 g/mol. The average Bonchev–Trinajstić information content (AvgIpc) is 2.30. The molecule has 0 heterocycles. The van der Waals surface area contributed by atoms with Crippen molar-refractivity contribution in [1.29, 1.82) is 0 Å². The van der Waals surface area contributed by atoms with E-state index in [1.807, 2.05) is 0 Å². The topological polar surface area (TPSA) is 54.4 Å². The van der Waals surface area contributed by atoms with E-state index >= 15 is 0 Å². The van der Waals surface area contributed by atoms with Crippen molar-refractivity contribution < 1.29 is 49.0 Å². The van der Waals surface area contributed by atoms with Crippen molar-refractivity contribution in [3.8, 4) is 0 Å². The third-order valence-corrected chi connectivity index (χ3v) is 5.11. The third-order valence-electron chi connectivity index (χ3n) is 3.29. The Bertz CT molecular complexity index is 480. The van der Waals surface area contributed by atoms with Crippen molar-refractivity contribution in [3.63, 3.8) is 0 Å². The van der Waals surface area contributed by atoms with Crippen LogP contribution in [-0.2, 0) is 9.84 Å². The summed E-state index contributed by atoms with van der Waals surface area (Å²) < 4.78 is 110. The van der Waals surface area contributed by atoms with Crippen LogP contribution in [0, 0.1) is 0 Å². The largest absolute Gasteiger partial charge is 0.431 e. The third kappa shape index (κ3) is 7.51. The fraction of sp³-hybridized carbons (Fsp3) is 1.00. The smallest absolute Gasteiger partial charge is 0.229 e. The summed E-state index contributed by atoms with van der Waals surface area (Å²) in [6.45, 7) is 0.227. The van der Waals surface area contributed by atoms with E-state index in [4.69, 9.17) is 0 Å². The highest BCUT2D eigenvalue weighted by atomic mass is 32.2. The molecule has 0 saturated heterocycles. The van der Waals surface area contributed by atoms with E-state index in [-0.39, 0.29) is 13.0 Å². The maximum Gasteiger partial charge on any atom is 0.431 e. The molecule has 0 aliphatic carbocycles. The Labute approximate surface area is 135 Å². The Morgan fingerprint density at radius 1 is 0.833 bits per heavy atom. The molecule has 0 fully saturated rings. The predicted octanol–water partition coefficient (Wildman–Crippen LogP) is 3.26. The van der Waals surface area contributed by atoms with Crippen LogP contribution in [0.25, 0.3) is 0 Å². The lowest BCUT2D eigenvalue weighted by Crippen LogP contribution is -2.53. The molecule has 0 aromatic rings. The lowest BCUT2D eigenvalue weighted by Gasteiger charge is -2.29. The summed E-state index contributed by atoms with van der Waals surface area (Å²) in [5.41, 5.74) is -5.42. The van der Waals surface area contributed by atoms with E-state index in [0.29, 0.717) is 6.42 Å². The molecule has 0 amide bonds. The van der Waals surface area contributed by atoms with Crippen LogP contribution >= 0.6 is 0 Å². The van der Waals surface area contributed by atoms with Gasteiger partial charge in [-0.1, -0.05) is 0 Å². The van der Waals surface area contributed by atoms with Gasteiger partial charge in [-0.2, -0.15) is 31.0 Å². The highest BCUT2D eigenvalue weighted by Crippen LogP contribution is 2.48. The van der Waals surface area contributed by atoms with Gasteiger partial charge in [-0.05, 0) is 12.8 Å². The number of rotatable bonds is 9. The van der Waals surface area contributed by atoms with Gasteiger partial charge in [0.2, 0.25) is 0 Å². The summed E-state index contributed by atoms with van der Waals surface area (Å²) >= 11 is 0. The van der Waals surface area contributed by atoms with Gasteiger partial charge >= 0.3 is 12.4 Å². The van der Waals surface area contributed by atoms with Crippen molar-refractivity contribution in [2.45, 2.75) is 43.7 Å². The van der Waals surface area contributed by atoms with Crippen LogP contribution in [0.2, 0.25) is 0 Å². The second kappa shape index (κ2) is 7.73. The number of unbranched alkanes of at least 4 members (excludes halogenated alkanes) is 1. The minimum Gasteiger partial charge on any atom is -0.229 e. The van der Waals surface area contributed by atoms with Gasteiger partial charge in [0, 0.05) is 12.8 Å². The van der Waals surface area contributed by atoms with Crippen LogP contribution in [0.15, 0.2) is 0 Å². The Morgan fingerprint density at radius 2 is 1.25 bits per heavy atom. The van der Waals surface area contributed by atoms with E-state index in [1.165, 1.54) is 14.1 Å². The first-order chi connectivity index (χ1) is 10.4. The second-order valence-corrected chi connectivity index (χ2v) is 8.41. The highest BCUT2D eigenvalue weighted by Gasteiger charge is 2.71. The molecule has 0 atom stereocenters. The molecule has 12 heteroatoms. The molecule has 4 nitrogen and oxygen atoms in total. The van der Waals surface area contributed by atoms with E-state index in [0.717, 1.165) is 0 Å². The van der Waals surface area contributed by atoms with Crippen LogP contribution in [0.1, 0.15) is 25.7 Å². The van der Waals surface area contributed by atoms with Crippen molar-refractivity contribution in [2.24, 2.45) is 0 Å². The molecule has 146 valence electrons. The Balaban J connectivity index is 4.56. The van der Waals surface area contributed by atoms with Gasteiger partial charge in [0.05, 0.1) is 25.6 Å². The zero-order valence-electron chi connectivity index (χ0n) is 13.2. The average molecular weight is 392 g/mol. The van der Waals surface area contributed by atoms with Gasteiger partial charge in [-0.25, -0.2) is 18.0 Å². The van der Waals surface area contributed by atoms with Crippen molar-refractivity contribution in [3.05, 3.63) is 0 Å². The van der Waals surface area contributed by atoms with Gasteiger partial charge < -0.3 is 0 Å². The molecule has 1 N–H and O–H groups in total. The summed E-state index contributed by atoms with van der Waals surface area (Å²) in [4.78, 5) is 0. The molecule has 0 spiro atoms. The van der Waals surface area contributed by atoms with Crippen LogP contribution in [-0.4, -0.2) is 68.4 Å². The van der Waals surface area contributed by atoms with Crippen molar-refractivity contribution in [2.75, 3.05) is 32.1 Å². The van der Waals surface area contributed by atoms with Crippen molar-refractivity contribution in [1.82, 2.24) is 0 Å². The fourth-order valence-corrected chi connectivity index (χ4v) is 3.33. The number of halogens is 7. The molecule has 0 aliphatic rings. The molecule has 24 heavy (non-hydrogen) atoms. The van der Waals surface area contributed by atoms with Gasteiger partial charge in [-0.15, -0.1) is 0 Å². The van der Waals surface area contributed by atoms with Crippen LogP contribution in [0.4, 0.5) is 30.7 Å². The number of hydroxylamine groups is 3. The molecule has 0 radical (unpaired) electrons. The van der Waals surface area contributed by atoms with Crippen LogP contribution < -0.4 is 0 Å². The SMILES string of the molecule is C[N+](C)(O)CCCCS(=O)(=O)CCCC(F)(C(F)(F)F)C(F)(F)F. The Kier molecular flexibility index (Phi) is 7.53. The zero-order chi connectivity index (χ0) is 19.4. The predicted molar refractivity (Wildman–Crippen MR) is 71.8 cm³/mol. The number of alkyl halides is 7. The molecule has 0 aromatic heterocycles. The number of nitrogens with zero attached hydrogens (tertiary/aromatic N) is 1. The lowest BCUT2D eigenvalue weighted by molar-refractivity contribution is -1.07. The number of hydrogen-bond donors (Lipinski definition) is 1. The molecule has 0 aromatic carbocycles. The Hall–Kier alpha value is -0.620. The summed E-state index contributed by atoms with van der Waals surface area (Å²) in [6, 6.07) is 0. The summed E-state index contributed by atoms with van der Waals surface area (Å²) in [7, 11) is -1.01. The molecule has 0 saturated carbocycles. The van der Waals surface area contributed by atoms with Crippen molar-refractivity contribution >= 4 is 9.84 Å². The minimum absolute atomic E-state index is 0.0872. The first kappa shape index (κ1) is 23.4. The molecule has 0 unspecified atom stereocenters. The van der Waals surface area contributed by atoms with Gasteiger partial charge in [0.25, 0.3) is 5.67 Å². The molecule has 0 rings (SSSR count). The maximum atomic E-state index is 13.3. The monoisotopic (exact) mass is 392 g/mol. The molecule has 0 aliphatic heterocycles. The summed E-state index contributed by atoms with van der Waals surface area (Å²) in [6.07, 6.45) is -15.1. The standard InChI is InChI=1S/C12H21F7NO3S/c1-20(2,21)7-3-4-8-24(22,23)9-5-6-10(13,11(14,15)16)12(17,18)19/h21H,3-9H2,1-2H3/q+1. The number of hydrogen-bond acceptors (Lipinski definition) is 3. The van der Waals surface area contributed by atoms with E-state index in [1.54, 1.807) is 0 Å². The van der Waals surface area contributed by atoms with Crippen LogP contribution in [0.5, 0.6) is 0 Å². The van der Waals surface area contributed by atoms with Gasteiger partial charge in [-0.3, -0.25) is 0 Å². The molecular formula is C12H21F7NO3S+. The van der Waals surface area contributed by atoms with Crippen LogP contribution in [0.3, 0.4) is 0 Å². The fourth-order valence-electron chi connectivity index (χ4n) is 1.90. The lowest BCUT2D eigenvalue weighted by atomic mass is 9.99.